The van der Waals surface area contributed by atoms with Crippen molar-refractivity contribution in [3.63, 3.8) is 0 Å². The standard InChI is InChI=1S/C41H26N2O2/c1-3-13-28(14-4-1)32-18-9-10-20-35(32)43(31-23-22-27-12-7-8-17-30(27)26-31)36-21-11-19-33-38-37(44-39(33)36)25-24-34-40(38)45-41(42-34)29-15-5-2-6-16-29/h1-26H. The molecule has 0 aliphatic rings. The summed E-state index contributed by atoms with van der Waals surface area (Å²) < 4.78 is 13.2. The summed E-state index contributed by atoms with van der Waals surface area (Å²) in [5.41, 5.74) is 9.33. The maximum atomic E-state index is 6.73. The lowest BCUT2D eigenvalue weighted by molar-refractivity contribution is 0.622. The molecule has 0 bridgehead atoms. The molecule has 0 unspecified atom stereocenters. The summed E-state index contributed by atoms with van der Waals surface area (Å²) in [5, 5.41) is 4.27. The Labute approximate surface area is 259 Å². The van der Waals surface area contributed by atoms with E-state index in [0.29, 0.717) is 5.89 Å². The third-order valence-electron chi connectivity index (χ3n) is 8.48. The molecule has 45 heavy (non-hydrogen) atoms. The third kappa shape index (κ3) is 4.19. The number of fused-ring (bicyclic) bond motifs is 6. The lowest BCUT2D eigenvalue weighted by atomic mass is 10.0. The van der Waals surface area contributed by atoms with E-state index in [2.05, 4.69) is 120 Å². The molecule has 9 rings (SSSR count). The monoisotopic (exact) mass is 578 g/mol. The van der Waals surface area contributed by atoms with Crippen molar-refractivity contribution in [2.45, 2.75) is 0 Å². The molecule has 7 aromatic carbocycles. The van der Waals surface area contributed by atoms with E-state index in [0.717, 1.165) is 66.8 Å². The van der Waals surface area contributed by atoms with Crippen LogP contribution in [0.1, 0.15) is 0 Å². The summed E-state index contributed by atoms with van der Waals surface area (Å²) in [4.78, 5) is 7.14. The Morgan fingerprint density at radius 3 is 2.04 bits per heavy atom. The van der Waals surface area contributed by atoms with Gasteiger partial charge in [-0.25, -0.2) is 4.98 Å². The van der Waals surface area contributed by atoms with Gasteiger partial charge in [-0.3, -0.25) is 0 Å². The van der Waals surface area contributed by atoms with E-state index in [9.17, 15) is 0 Å². The van der Waals surface area contributed by atoms with Gasteiger partial charge in [0.2, 0.25) is 5.89 Å². The Morgan fingerprint density at radius 1 is 0.489 bits per heavy atom. The van der Waals surface area contributed by atoms with Gasteiger partial charge in [-0.2, -0.15) is 0 Å². The summed E-state index contributed by atoms with van der Waals surface area (Å²) in [7, 11) is 0. The van der Waals surface area contributed by atoms with Gasteiger partial charge in [0, 0.05) is 22.2 Å². The first-order chi connectivity index (χ1) is 22.3. The van der Waals surface area contributed by atoms with E-state index in [1.54, 1.807) is 0 Å². The molecule has 4 nitrogen and oxygen atoms in total. The van der Waals surface area contributed by atoms with E-state index in [1.807, 2.05) is 42.5 Å². The van der Waals surface area contributed by atoms with Crippen molar-refractivity contribution in [3.05, 3.63) is 158 Å². The predicted molar refractivity (Wildman–Crippen MR) is 184 cm³/mol. The second kappa shape index (κ2) is 10.2. The first-order valence-corrected chi connectivity index (χ1v) is 15.1. The minimum Gasteiger partial charge on any atom is -0.454 e. The van der Waals surface area contributed by atoms with E-state index in [4.69, 9.17) is 13.8 Å². The fraction of sp³-hybridized carbons (Fsp3) is 0. The maximum absolute atomic E-state index is 6.73. The molecule has 4 heteroatoms. The highest BCUT2D eigenvalue weighted by molar-refractivity contribution is 6.19. The van der Waals surface area contributed by atoms with Crippen molar-refractivity contribution in [2.75, 3.05) is 4.90 Å². The van der Waals surface area contributed by atoms with Crippen LogP contribution in [-0.4, -0.2) is 4.98 Å². The molecule has 0 amide bonds. The SMILES string of the molecule is c1ccc(-c2nc3ccc4oc5c(N(c6ccc7ccccc7c6)c6ccccc6-c6ccccc6)cccc5c4c3o2)cc1. The van der Waals surface area contributed by atoms with Crippen molar-refractivity contribution < 1.29 is 8.83 Å². The van der Waals surface area contributed by atoms with Gasteiger partial charge in [-0.1, -0.05) is 109 Å². The number of nitrogens with zero attached hydrogens (tertiary/aromatic N) is 2. The molecule has 0 saturated carbocycles. The molecule has 0 radical (unpaired) electrons. The van der Waals surface area contributed by atoms with Crippen LogP contribution >= 0.6 is 0 Å². The van der Waals surface area contributed by atoms with Gasteiger partial charge in [-0.05, 0) is 64.9 Å². The largest absolute Gasteiger partial charge is 0.454 e. The van der Waals surface area contributed by atoms with Crippen LogP contribution in [0.3, 0.4) is 0 Å². The summed E-state index contributed by atoms with van der Waals surface area (Å²) >= 11 is 0. The van der Waals surface area contributed by atoms with Crippen LogP contribution in [0.2, 0.25) is 0 Å². The van der Waals surface area contributed by atoms with Gasteiger partial charge in [0.25, 0.3) is 0 Å². The zero-order valence-corrected chi connectivity index (χ0v) is 24.2. The van der Waals surface area contributed by atoms with E-state index in [1.165, 1.54) is 10.8 Å². The van der Waals surface area contributed by atoms with Crippen LogP contribution in [0.4, 0.5) is 17.1 Å². The third-order valence-corrected chi connectivity index (χ3v) is 8.48. The Hall–Kier alpha value is -6.13. The Morgan fingerprint density at radius 2 is 1.20 bits per heavy atom. The second-order valence-electron chi connectivity index (χ2n) is 11.2. The molecule has 0 saturated heterocycles. The predicted octanol–water partition coefficient (Wildman–Crippen LogP) is 11.7. The number of para-hydroxylation sites is 2. The highest BCUT2D eigenvalue weighted by Gasteiger charge is 2.24. The van der Waals surface area contributed by atoms with Crippen LogP contribution in [-0.2, 0) is 0 Å². The fourth-order valence-electron chi connectivity index (χ4n) is 6.39. The number of furan rings is 1. The topological polar surface area (TPSA) is 42.4 Å². The van der Waals surface area contributed by atoms with Crippen LogP contribution in [0.5, 0.6) is 0 Å². The number of aromatic nitrogens is 1. The van der Waals surface area contributed by atoms with Crippen molar-refractivity contribution in [1.29, 1.82) is 0 Å². The molecule has 0 N–H and O–H groups in total. The number of hydrogen-bond acceptors (Lipinski definition) is 4. The molecule has 0 spiro atoms. The number of rotatable bonds is 5. The van der Waals surface area contributed by atoms with Crippen LogP contribution in [0, 0.1) is 0 Å². The maximum Gasteiger partial charge on any atom is 0.227 e. The van der Waals surface area contributed by atoms with E-state index in [-0.39, 0.29) is 0 Å². The molecular formula is C41H26N2O2. The zero-order chi connectivity index (χ0) is 29.7. The highest BCUT2D eigenvalue weighted by atomic mass is 16.4. The summed E-state index contributed by atoms with van der Waals surface area (Å²) in [6.07, 6.45) is 0. The molecule has 0 atom stereocenters. The van der Waals surface area contributed by atoms with E-state index >= 15 is 0 Å². The smallest absolute Gasteiger partial charge is 0.227 e. The van der Waals surface area contributed by atoms with Gasteiger partial charge >= 0.3 is 0 Å². The lowest BCUT2D eigenvalue weighted by Crippen LogP contribution is -2.11. The average molecular weight is 579 g/mol. The van der Waals surface area contributed by atoms with Crippen LogP contribution < -0.4 is 4.90 Å². The fourth-order valence-corrected chi connectivity index (χ4v) is 6.39. The molecule has 0 aliphatic carbocycles. The van der Waals surface area contributed by atoms with Crippen molar-refractivity contribution in [2.24, 2.45) is 0 Å². The number of anilines is 3. The van der Waals surface area contributed by atoms with Crippen molar-refractivity contribution >= 4 is 60.9 Å². The quantitative estimate of drug-likeness (QED) is 0.204. The zero-order valence-electron chi connectivity index (χ0n) is 24.2. The molecule has 0 fully saturated rings. The molecule has 0 aliphatic heterocycles. The summed E-state index contributed by atoms with van der Waals surface area (Å²) in [6.45, 7) is 0. The summed E-state index contributed by atoms with van der Waals surface area (Å²) in [6, 6.07) is 54.5. The number of oxazole rings is 1. The minimum absolute atomic E-state index is 0.596. The van der Waals surface area contributed by atoms with Crippen LogP contribution in [0.15, 0.2) is 167 Å². The van der Waals surface area contributed by atoms with Gasteiger partial charge in [0.15, 0.2) is 11.2 Å². The van der Waals surface area contributed by atoms with Crippen molar-refractivity contribution in [3.8, 4) is 22.6 Å². The van der Waals surface area contributed by atoms with E-state index < -0.39 is 0 Å². The lowest BCUT2D eigenvalue weighted by Gasteiger charge is -2.28. The Bertz CT molecular complexity index is 2490. The Balaban J connectivity index is 1.32. The van der Waals surface area contributed by atoms with Gasteiger partial charge < -0.3 is 13.7 Å². The van der Waals surface area contributed by atoms with Gasteiger partial charge in [0.05, 0.1) is 16.8 Å². The first-order valence-electron chi connectivity index (χ1n) is 15.1. The average Bonchev–Trinajstić information content (AvgIpc) is 3.72. The molecule has 212 valence electrons. The number of hydrogen-bond donors (Lipinski definition) is 0. The van der Waals surface area contributed by atoms with Gasteiger partial charge in [0.1, 0.15) is 11.1 Å². The highest BCUT2D eigenvalue weighted by Crippen LogP contribution is 2.46. The van der Waals surface area contributed by atoms with Gasteiger partial charge in [-0.15, -0.1) is 0 Å². The summed E-state index contributed by atoms with van der Waals surface area (Å²) in [5.74, 6) is 0.596. The van der Waals surface area contributed by atoms with Crippen molar-refractivity contribution in [1.82, 2.24) is 4.98 Å². The normalized spacial score (nSPS) is 11.6. The van der Waals surface area contributed by atoms with Crippen LogP contribution in [0.25, 0.3) is 66.4 Å². The molecular weight excluding hydrogens is 552 g/mol. The minimum atomic E-state index is 0.596. The molecule has 2 heterocycles. The Kier molecular flexibility index (Phi) is 5.78. The molecule has 9 aromatic rings. The number of benzene rings is 7. The first kappa shape index (κ1) is 25.4. The second-order valence-corrected chi connectivity index (χ2v) is 11.2. The molecule has 2 aromatic heterocycles.